The molecule has 2 aromatic rings. The summed E-state index contributed by atoms with van der Waals surface area (Å²) in [6, 6.07) is 3.94. The Hall–Kier alpha value is -1.20. The van der Waals surface area contributed by atoms with Crippen molar-refractivity contribution in [2.45, 2.75) is 6.42 Å². The van der Waals surface area contributed by atoms with Crippen molar-refractivity contribution in [3.63, 3.8) is 0 Å². The second kappa shape index (κ2) is 5.42. The summed E-state index contributed by atoms with van der Waals surface area (Å²) in [5, 5.41) is 3.15. The predicted molar refractivity (Wildman–Crippen MR) is 71.8 cm³/mol. The molecule has 2 aromatic heterocycles. The van der Waals surface area contributed by atoms with Gasteiger partial charge in [0.15, 0.2) is 0 Å². The van der Waals surface area contributed by atoms with Crippen LogP contribution in [-0.4, -0.2) is 28.1 Å². The molecule has 0 saturated carbocycles. The van der Waals surface area contributed by atoms with E-state index in [9.17, 15) is 0 Å². The van der Waals surface area contributed by atoms with E-state index in [0.29, 0.717) is 0 Å². The van der Waals surface area contributed by atoms with Crippen LogP contribution in [0.1, 0.15) is 5.69 Å². The number of aromatic nitrogens is 3. The molecule has 0 aliphatic carbocycles. The van der Waals surface area contributed by atoms with E-state index in [1.165, 1.54) is 5.69 Å². The molecule has 0 amide bonds. The third-order valence-electron chi connectivity index (χ3n) is 2.72. The van der Waals surface area contributed by atoms with E-state index >= 15 is 0 Å². The van der Waals surface area contributed by atoms with Crippen LogP contribution in [0.15, 0.2) is 29.1 Å². The quantitative estimate of drug-likeness (QED) is 0.938. The van der Waals surface area contributed by atoms with Crippen LogP contribution in [0.25, 0.3) is 11.4 Å². The Morgan fingerprint density at radius 3 is 2.71 bits per heavy atom. The van der Waals surface area contributed by atoms with E-state index in [-0.39, 0.29) is 0 Å². The van der Waals surface area contributed by atoms with E-state index in [1.807, 2.05) is 26.2 Å². The zero-order valence-corrected chi connectivity index (χ0v) is 11.5. The molecule has 0 saturated heterocycles. The minimum absolute atomic E-state index is 0.919. The van der Waals surface area contributed by atoms with Crippen LogP contribution in [0, 0.1) is 0 Å². The summed E-state index contributed by atoms with van der Waals surface area (Å²) in [5.41, 5.74) is 2.28. The van der Waals surface area contributed by atoms with Gasteiger partial charge in [-0.3, -0.25) is 4.98 Å². The lowest BCUT2D eigenvalue weighted by Crippen LogP contribution is -2.12. The molecule has 5 heteroatoms. The first-order chi connectivity index (χ1) is 8.24. The summed E-state index contributed by atoms with van der Waals surface area (Å²) >= 11 is 3.52. The molecule has 90 valence electrons. The number of hydrogen-bond donors (Lipinski definition) is 1. The number of hydrogen-bond acceptors (Lipinski definition) is 3. The number of likely N-dealkylation sites (N-methyl/N-ethyl adjacent to an activating group) is 1. The van der Waals surface area contributed by atoms with E-state index < -0.39 is 0 Å². The van der Waals surface area contributed by atoms with Gasteiger partial charge < -0.3 is 9.88 Å². The first kappa shape index (κ1) is 12.3. The Kier molecular flexibility index (Phi) is 3.91. The Morgan fingerprint density at radius 2 is 2.06 bits per heavy atom. The van der Waals surface area contributed by atoms with Gasteiger partial charge in [-0.1, -0.05) is 0 Å². The molecule has 0 aliphatic heterocycles. The van der Waals surface area contributed by atoms with E-state index in [2.05, 4.69) is 35.8 Å². The van der Waals surface area contributed by atoms with Gasteiger partial charge >= 0.3 is 0 Å². The smallest absolute Gasteiger partial charge is 0.141 e. The summed E-state index contributed by atoms with van der Waals surface area (Å²) in [5.74, 6) is 0.963. The van der Waals surface area contributed by atoms with Crippen LogP contribution in [0.5, 0.6) is 0 Å². The zero-order valence-electron chi connectivity index (χ0n) is 9.94. The highest BCUT2D eigenvalue weighted by atomic mass is 79.9. The highest BCUT2D eigenvalue weighted by Gasteiger charge is 2.13. The Labute approximate surface area is 109 Å². The van der Waals surface area contributed by atoms with Crippen molar-refractivity contribution >= 4 is 15.9 Å². The summed E-state index contributed by atoms with van der Waals surface area (Å²) in [7, 11) is 3.99. The first-order valence-electron chi connectivity index (χ1n) is 5.50. The lowest BCUT2D eigenvalue weighted by molar-refractivity contribution is 0.737. The van der Waals surface area contributed by atoms with Gasteiger partial charge in [-0.25, -0.2) is 4.98 Å². The lowest BCUT2D eigenvalue weighted by Gasteiger charge is -2.05. The number of imidazole rings is 1. The molecule has 0 radical (unpaired) electrons. The third kappa shape index (κ3) is 2.56. The van der Waals surface area contributed by atoms with Gasteiger partial charge in [-0.05, 0) is 35.1 Å². The fourth-order valence-electron chi connectivity index (χ4n) is 1.77. The highest BCUT2D eigenvalue weighted by molar-refractivity contribution is 9.10. The Bertz CT molecular complexity index is 493. The standard InChI is InChI=1S/C12H15BrN4/c1-14-6-5-10-11(13)16-12(17(10)2)9-3-7-15-8-4-9/h3-4,7-8,14H,5-6H2,1-2H3. The molecule has 1 N–H and O–H groups in total. The molecule has 2 rings (SSSR count). The topological polar surface area (TPSA) is 42.7 Å². The van der Waals surface area contributed by atoms with E-state index in [1.54, 1.807) is 12.4 Å². The average molecular weight is 295 g/mol. The summed E-state index contributed by atoms with van der Waals surface area (Å²) in [4.78, 5) is 8.58. The van der Waals surface area contributed by atoms with Crippen LogP contribution in [0.2, 0.25) is 0 Å². The highest BCUT2D eigenvalue weighted by Crippen LogP contribution is 2.24. The summed E-state index contributed by atoms with van der Waals surface area (Å²) in [6.45, 7) is 0.938. The predicted octanol–water partition coefficient (Wildman–Crippen LogP) is 2.01. The van der Waals surface area contributed by atoms with Crippen LogP contribution in [0.3, 0.4) is 0 Å². The normalized spacial score (nSPS) is 10.8. The summed E-state index contributed by atoms with van der Waals surface area (Å²) < 4.78 is 3.04. The maximum absolute atomic E-state index is 4.56. The molecule has 0 atom stereocenters. The van der Waals surface area contributed by atoms with Crippen molar-refractivity contribution in [1.82, 2.24) is 19.9 Å². The van der Waals surface area contributed by atoms with Crippen LogP contribution < -0.4 is 5.32 Å². The molecule has 0 spiro atoms. The Morgan fingerprint density at radius 1 is 1.35 bits per heavy atom. The van der Waals surface area contributed by atoms with Crippen molar-refractivity contribution < 1.29 is 0 Å². The number of halogens is 1. The van der Waals surface area contributed by atoms with Gasteiger partial charge in [0.1, 0.15) is 10.4 Å². The minimum atomic E-state index is 0.919. The average Bonchev–Trinajstić information content (AvgIpc) is 2.64. The van der Waals surface area contributed by atoms with Gasteiger partial charge in [0.2, 0.25) is 0 Å². The molecule has 0 unspecified atom stereocenters. The van der Waals surface area contributed by atoms with Crippen molar-refractivity contribution in [3.05, 3.63) is 34.8 Å². The summed E-state index contributed by atoms with van der Waals surface area (Å²) in [6.07, 6.45) is 4.52. The van der Waals surface area contributed by atoms with Gasteiger partial charge in [0.05, 0.1) is 5.69 Å². The Balaban J connectivity index is 2.37. The van der Waals surface area contributed by atoms with Gasteiger partial charge in [0.25, 0.3) is 0 Å². The molecule has 0 aliphatic rings. The molecule has 0 fully saturated rings. The van der Waals surface area contributed by atoms with Crippen LogP contribution >= 0.6 is 15.9 Å². The van der Waals surface area contributed by atoms with Gasteiger partial charge in [-0.2, -0.15) is 0 Å². The number of rotatable bonds is 4. The molecular weight excluding hydrogens is 280 g/mol. The fourth-order valence-corrected chi connectivity index (χ4v) is 2.40. The maximum Gasteiger partial charge on any atom is 0.141 e. The van der Waals surface area contributed by atoms with Crippen molar-refractivity contribution in [2.24, 2.45) is 7.05 Å². The van der Waals surface area contributed by atoms with Crippen molar-refractivity contribution in [3.8, 4) is 11.4 Å². The molecular formula is C12H15BrN4. The zero-order chi connectivity index (χ0) is 12.3. The van der Waals surface area contributed by atoms with Crippen LogP contribution in [0.4, 0.5) is 0 Å². The fraction of sp³-hybridized carbons (Fsp3) is 0.333. The molecule has 0 bridgehead atoms. The number of nitrogens with zero attached hydrogens (tertiary/aromatic N) is 3. The van der Waals surface area contributed by atoms with Crippen molar-refractivity contribution in [1.29, 1.82) is 0 Å². The lowest BCUT2D eigenvalue weighted by atomic mass is 10.2. The molecule has 2 heterocycles. The maximum atomic E-state index is 4.56. The third-order valence-corrected chi connectivity index (χ3v) is 3.35. The van der Waals surface area contributed by atoms with Crippen LogP contribution in [-0.2, 0) is 13.5 Å². The van der Waals surface area contributed by atoms with E-state index in [4.69, 9.17) is 0 Å². The SMILES string of the molecule is CNCCc1c(Br)nc(-c2ccncc2)n1C. The monoisotopic (exact) mass is 294 g/mol. The van der Waals surface area contributed by atoms with Gasteiger partial charge in [0, 0.05) is 38.0 Å². The molecule has 0 aromatic carbocycles. The van der Waals surface area contributed by atoms with Crippen molar-refractivity contribution in [2.75, 3.05) is 13.6 Å². The minimum Gasteiger partial charge on any atom is -0.330 e. The second-order valence-corrected chi connectivity index (χ2v) is 4.57. The molecule has 17 heavy (non-hydrogen) atoms. The van der Waals surface area contributed by atoms with E-state index in [0.717, 1.165) is 29.0 Å². The van der Waals surface area contributed by atoms with Gasteiger partial charge in [-0.15, -0.1) is 0 Å². The molecule has 4 nitrogen and oxygen atoms in total. The largest absolute Gasteiger partial charge is 0.330 e. The number of pyridine rings is 1. The second-order valence-electron chi connectivity index (χ2n) is 3.82. The number of nitrogens with one attached hydrogen (secondary N) is 1. The first-order valence-corrected chi connectivity index (χ1v) is 6.29.